The van der Waals surface area contributed by atoms with Crippen molar-refractivity contribution in [2.24, 2.45) is 11.8 Å². The summed E-state index contributed by atoms with van der Waals surface area (Å²) in [7, 11) is 0. The average Bonchev–Trinajstić information content (AvgIpc) is 3.07. The quantitative estimate of drug-likeness (QED) is 0.0513. The second-order valence-electron chi connectivity index (χ2n) is 13.8. The molecule has 0 radical (unpaired) electrons. The van der Waals surface area contributed by atoms with Crippen LogP contribution in [0.4, 0.5) is 4.79 Å². The van der Waals surface area contributed by atoms with Gasteiger partial charge in [0.15, 0.2) is 0 Å². The fourth-order valence-electron chi connectivity index (χ4n) is 4.61. The number of hydrogen-bond donors (Lipinski definition) is 2. The van der Waals surface area contributed by atoms with E-state index in [0.717, 1.165) is 64.2 Å². The highest BCUT2D eigenvalue weighted by molar-refractivity contribution is 5.74. The number of ether oxygens (including phenoxy) is 5. The first kappa shape index (κ1) is 47.1. The molecule has 2 atom stereocenters. The highest BCUT2D eigenvalue weighted by atomic mass is 16.6. The van der Waals surface area contributed by atoms with Gasteiger partial charge < -0.3 is 38.8 Å². The topological polar surface area (TPSA) is 175 Å². The van der Waals surface area contributed by atoms with Crippen LogP contribution in [0.5, 0.6) is 0 Å². The van der Waals surface area contributed by atoms with Crippen molar-refractivity contribution < 1.29 is 57.9 Å². The van der Waals surface area contributed by atoms with Gasteiger partial charge >= 0.3 is 30.0 Å². The zero-order valence-electron chi connectivity index (χ0n) is 31.5. The lowest BCUT2D eigenvalue weighted by Gasteiger charge is -2.27. The van der Waals surface area contributed by atoms with E-state index in [9.17, 15) is 34.2 Å². The predicted octanol–water partition coefficient (Wildman–Crippen LogP) is 5.89. The number of aliphatic hydroxyl groups is 2. The van der Waals surface area contributed by atoms with Gasteiger partial charge in [0.1, 0.15) is 5.60 Å². The molecule has 292 valence electrons. The van der Waals surface area contributed by atoms with Crippen molar-refractivity contribution in [2.45, 2.75) is 143 Å². The minimum absolute atomic E-state index is 0.0800. The lowest BCUT2D eigenvalue weighted by molar-refractivity contribution is -0.151. The van der Waals surface area contributed by atoms with Gasteiger partial charge in [-0.05, 0) is 33.6 Å². The second kappa shape index (κ2) is 29.8. The summed E-state index contributed by atoms with van der Waals surface area (Å²) in [6.45, 7) is 7.97. The fraction of sp³-hybridized carbons (Fsp3) is 0.865. The van der Waals surface area contributed by atoms with Crippen molar-refractivity contribution in [3.8, 4) is 0 Å². The van der Waals surface area contributed by atoms with Crippen molar-refractivity contribution in [1.29, 1.82) is 0 Å². The average molecular weight is 718 g/mol. The molecule has 0 aliphatic rings. The number of hydrogen-bond acceptors (Lipinski definition) is 12. The van der Waals surface area contributed by atoms with Crippen LogP contribution in [0.2, 0.25) is 0 Å². The molecule has 0 fully saturated rings. The van der Waals surface area contributed by atoms with Crippen molar-refractivity contribution in [1.82, 2.24) is 4.90 Å². The first-order valence-electron chi connectivity index (χ1n) is 18.7. The summed E-state index contributed by atoms with van der Waals surface area (Å²) in [5.74, 6) is -3.17. The summed E-state index contributed by atoms with van der Waals surface area (Å²) < 4.78 is 26.4. The van der Waals surface area contributed by atoms with E-state index in [1.54, 1.807) is 20.8 Å². The highest BCUT2D eigenvalue weighted by Gasteiger charge is 2.24. The molecule has 0 aromatic heterocycles. The highest BCUT2D eigenvalue weighted by Crippen LogP contribution is 2.13. The Hall–Kier alpha value is -2.93. The standard InChI is InChI=1S/C37H67NO12/c1-6-8-10-12-14-16-18-32(41)46-26-30(24-39)28-48-34(43)20-22-38(36(45)50-37(3,4)5)23-21-35(44)49-29-31(25-40)27-47-33(42)19-17-15-13-11-9-7-2/h30-31,39-40H,6-29H2,1-5H3. The number of unbranched alkanes of at least 4 members (excludes halogenated alkanes) is 10. The van der Waals surface area contributed by atoms with Crippen molar-refractivity contribution in [3.05, 3.63) is 0 Å². The molecular formula is C37H67NO12. The van der Waals surface area contributed by atoms with Gasteiger partial charge in [0.25, 0.3) is 0 Å². The van der Waals surface area contributed by atoms with Crippen LogP contribution in [-0.2, 0) is 42.9 Å². The molecule has 2 unspecified atom stereocenters. The first-order valence-corrected chi connectivity index (χ1v) is 18.7. The molecule has 0 saturated carbocycles. The lowest BCUT2D eigenvalue weighted by Crippen LogP contribution is -2.39. The van der Waals surface area contributed by atoms with Crippen LogP contribution >= 0.6 is 0 Å². The maximum Gasteiger partial charge on any atom is 0.410 e. The summed E-state index contributed by atoms with van der Waals surface area (Å²) in [5.41, 5.74) is -0.821. The zero-order valence-corrected chi connectivity index (χ0v) is 31.5. The van der Waals surface area contributed by atoms with Crippen LogP contribution < -0.4 is 0 Å². The lowest BCUT2D eigenvalue weighted by atomic mass is 10.1. The van der Waals surface area contributed by atoms with E-state index in [1.165, 1.54) is 17.7 Å². The fourth-order valence-corrected chi connectivity index (χ4v) is 4.61. The van der Waals surface area contributed by atoms with E-state index >= 15 is 0 Å². The van der Waals surface area contributed by atoms with Crippen molar-refractivity contribution in [3.63, 3.8) is 0 Å². The molecular weight excluding hydrogens is 650 g/mol. The van der Waals surface area contributed by atoms with Crippen LogP contribution in [0.3, 0.4) is 0 Å². The van der Waals surface area contributed by atoms with E-state index in [-0.39, 0.29) is 77.5 Å². The van der Waals surface area contributed by atoms with Crippen LogP contribution in [-0.4, -0.2) is 103 Å². The molecule has 0 heterocycles. The van der Waals surface area contributed by atoms with Gasteiger partial charge in [-0.1, -0.05) is 78.1 Å². The monoisotopic (exact) mass is 717 g/mol. The van der Waals surface area contributed by atoms with Gasteiger partial charge in [-0.2, -0.15) is 0 Å². The van der Waals surface area contributed by atoms with E-state index in [2.05, 4.69) is 13.8 Å². The van der Waals surface area contributed by atoms with Gasteiger partial charge in [-0.15, -0.1) is 0 Å². The van der Waals surface area contributed by atoms with Gasteiger partial charge in [0, 0.05) is 25.9 Å². The maximum atomic E-state index is 12.8. The van der Waals surface area contributed by atoms with Crippen LogP contribution in [0.1, 0.15) is 137 Å². The molecule has 0 aromatic rings. The molecule has 0 saturated heterocycles. The summed E-state index contributed by atoms with van der Waals surface area (Å²) in [4.78, 5) is 63.1. The van der Waals surface area contributed by atoms with E-state index < -0.39 is 35.5 Å². The zero-order chi connectivity index (χ0) is 37.6. The summed E-state index contributed by atoms with van der Waals surface area (Å²) in [6.07, 6.45) is 12.0. The largest absolute Gasteiger partial charge is 0.465 e. The number of carbonyl (C=O) groups excluding carboxylic acids is 5. The molecule has 50 heavy (non-hydrogen) atoms. The third kappa shape index (κ3) is 27.8. The van der Waals surface area contributed by atoms with E-state index in [1.807, 2.05) is 0 Å². The number of carbonyl (C=O) groups is 5. The number of amides is 1. The van der Waals surface area contributed by atoms with Gasteiger partial charge in [-0.3, -0.25) is 19.2 Å². The second-order valence-corrected chi connectivity index (χ2v) is 13.8. The van der Waals surface area contributed by atoms with Crippen LogP contribution in [0.25, 0.3) is 0 Å². The number of nitrogens with zero attached hydrogens (tertiary/aromatic N) is 1. The Balaban J connectivity index is 4.66. The number of rotatable bonds is 30. The molecule has 0 bridgehead atoms. The summed E-state index contributed by atoms with van der Waals surface area (Å²) in [5, 5.41) is 19.3. The van der Waals surface area contributed by atoms with Crippen molar-refractivity contribution >= 4 is 30.0 Å². The van der Waals surface area contributed by atoms with Crippen LogP contribution in [0, 0.1) is 11.8 Å². The van der Waals surface area contributed by atoms with Gasteiger partial charge in [-0.25, -0.2) is 4.79 Å². The minimum atomic E-state index is -0.821. The van der Waals surface area contributed by atoms with Gasteiger partial charge in [0.05, 0.1) is 64.3 Å². The molecule has 0 rings (SSSR count). The minimum Gasteiger partial charge on any atom is -0.465 e. The SMILES string of the molecule is CCCCCCCCC(=O)OCC(CO)COC(=O)CCN(CCC(=O)OCC(CO)COC(=O)CCCCCCCC)C(=O)OC(C)(C)C. The Morgan fingerprint density at radius 1 is 0.520 bits per heavy atom. The molecule has 1 amide bonds. The third-order valence-electron chi connectivity index (χ3n) is 7.73. The molecule has 0 aromatic carbocycles. The third-order valence-corrected chi connectivity index (χ3v) is 7.73. The first-order chi connectivity index (χ1) is 23.8. The number of aliphatic hydroxyl groups excluding tert-OH is 2. The van der Waals surface area contributed by atoms with Gasteiger partial charge in [0.2, 0.25) is 0 Å². The molecule has 0 spiro atoms. The van der Waals surface area contributed by atoms with E-state index in [4.69, 9.17) is 23.7 Å². The molecule has 13 heteroatoms. The normalized spacial score (nSPS) is 12.5. The maximum absolute atomic E-state index is 12.8. The summed E-state index contributed by atoms with van der Waals surface area (Å²) in [6, 6.07) is 0. The molecule has 13 nitrogen and oxygen atoms in total. The number of esters is 4. The van der Waals surface area contributed by atoms with E-state index in [0.29, 0.717) is 12.8 Å². The van der Waals surface area contributed by atoms with Crippen LogP contribution in [0.15, 0.2) is 0 Å². The molecule has 0 aliphatic heterocycles. The Morgan fingerprint density at radius 2 is 0.840 bits per heavy atom. The Morgan fingerprint density at radius 3 is 1.16 bits per heavy atom. The Labute approximate surface area is 300 Å². The summed E-state index contributed by atoms with van der Waals surface area (Å²) >= 11 is 0. The predicted molar refractivity (Wildman–Crippen MR) is 188 cm³/mol. The molecule has 0 aliphatic carbocycles. The Bertz CT molecular complexity index is 876. The smallest absolute Gasteiger partial charge is 0.410 e. The Kier molecular flexibility index (Phi) is 28.0. The molecule has 2 N–H and O–H groups in total. The van der Waals surface area contributed by atoms with Crippen molar-refractivity contribution in [2.75, 3.05) is 52.7 Å².